The molecule has 0 radical (unpaired) electrons. The van der Waals surface area contributed by atoms with Gasteiger partial charge in [-0.2, -0.15) is 28.4 Å². The molecule has 0 amide bonds. The molecule has 1 unspecified atom stereocenters. The number of carbonyl (C=O) groups excluding carboxylic acids is 1. The second kappa shape index (κ2) is 16.0. The number of nitrogens with zero attached hydrogens (tertiary/aromatic N) is 6. The first-order valence-corrected chi connectivity index (χ1v) is 14.8. The number of aromatic nitrogens is 6. The van der Waals surface area contributed by atoms with Crippen LogP contribution in [0.5, 0.6) is 0 Å². The second-order valence-electron chi connectivity index (χ2n) is 9.28. The van der Waals surface area contributed by atoms with Crippen molar-refractivity contribution in [3.05, 3.63) is 44.8 Å². The SMILES string of the molecule is CCOC(=O)C(Cl)Cc1cc(-n2nc(C)n(C(F)F)c2=O)c(F)cc1Cl.CSc1nc(NC(C)C)nc(NC(C)C)n1. The molecule has 0 aliphatic carbocycles. The van der Waals surface area contributed by atoms with Gasteiger partial charge in [0.05, 0.1) is 6.61 Å². The van der Waals surface area contributed by atoms with E-state index in [1.165, 1.54) is 18.7 Å². The first-order valence-electron chi connectivity index (χ1n) is 12.8. The smallest absolute Gasteiger partial charge is 0.355 e. The molecular weight excluding hydrogens is 620 g/mol. The molecule has 0 aliphatic rings. The van der Waals surface area contributed by atoms with Crippen molar-refractivity contribution < 1.29 is 22.7 Å². The van der Waals surface area contributed by atoms with Crippen LogP contribution in [0.3, 0.4) is 0 Å². The van der Waals surface area contributed by atoms with Crippen LogP contribution in [0.15, 0.2) is 22.1 Å². The maximum Gasteiger partial charge on any atom is 0.355 e. The molecule has 17 heteroatoms. The summed E-state index contributed by atoms with van der Waals surface area (Å²) in [5.41, 5.74) is -1.37. The number of ether oxygens (including phenoxy) is 1. The van der Waals surface area contributed by atoms with Gasteiger partial charge in [-0.3, -0.25) is 4.79 Å². The molecule has 1 aromatic carbocycles. The molecule has 42 heavy (non-hydrogen) atoms. The quantitative estimate of drug-likeness (QED) is 0.156. The van der Waals surface area contributed by atoms with Crippen LogP contribution in [-0.4, -0.2) is 65.6 Å². The second-order valence-corrected chi connectivity index (χ2v) is 11.0. The minimum Gasteiger partial charge on any atom is -0.465 e. The first kappa shape index (κ1) is 35.2. The zero-order valence-electron chi connectivity index (χ0n) is 24.1. The van der Waals surface area contributed by atoms with Gasteiger partial charge in [0, 0.05) is 23.5 Å². The van der Waals surface area contributed by atoms with Crippen LogP contribution in [0.25, 0.3) is 5.69 Å². The van der Waals surface area contributed by atoms with E-state index in [1.807, 2.05) is 6.26 Å². The van der Waals surface area contributed by atoms with Crippen LogP contribution in [0.2, 0.25) is 5.02 Å². The van der Waals surface area contributed by atoms with Crippen LogP contribution in [0.1, 0.15) is 52.6 Å². The van der Waals surface area contributed by atoms with Gasteiger partial charge in [0.2, 0.25) is 11.9 Å². The van der Waals surface area contributed by atoms with Gasteiger partial charge in [-0.05, 0) is 65.5 Å². The molecule has 2 aromatic heterocycles. The highest BCUT2D eigenvalue weighted by atomic mass is 35.5. The third kappa shape index (κ3) is 9.76. The average Bonchev–Trinajstić information content (AvgIpc) is 3.18. The third-order valence-corrected chi connectivity index (χ3v) is 6.33. The molecule has 0 saturated carbocycles. The predicted octanol–water partition coefficient (Wildman–Crippen LogP) is 5.48. The summed E-state index contributed by atoms with van der Waals surface area (Å²) >= 11 is 13.4. The third-order valence-electron chi connectivity index (χ3n) is 5.09. The van der Waals surface area contributed by atoms with Gasteiger partial charge in [-0.25, -0.2) is 13.8 Å². The molecule has 2 N–H and O–H groups in total. The van der Waals surface area contributed by atoms with Crippen molar-refractivity contribution in [1.29, 1.82) is 0 Å². The van der Waals surface area contributed by atoms with Crippen molar-refractivity contribution in [1.82, 2.24) is 29.3 Å². The summed E-state index contributed by atoms with van der Waals surface area (Å²) in [5, 5.41) is 9.60. The van der Waals surface area contributed by atoms with E-state index in [4.69, 9.17) is 27.9 Å². The largest absolute Gasteiger partial charge is 0.465 e. The van der Waals surface area contributed by atoms with E-state index in [9.17, 15) is 22.8 Å². The Kier molecular flexibility index (Phi) is 13.4. The number of hydrogen-bond acceptors (Lipinski definition) is 10. The number of carbonyl (C=O) groups is 1. The molecule has 0 fully saturated rings. The molecule has 3 rings (SSSR count). The van der Waals surface area contributed by atoms with Crippen LogP contribution in [0, 0.1) is 12.7 Å². The number of thioether (sulfide) groups is 1. The highest BCUT2D eigenvalue weighted by Crippen LogP contribution is 2.25. The number of anilines is 2. The highest BCUT2D eigenvalue weighted by Gasteiger charge is 2.23. The van der Waals surface area contributed by atoms with Gasteiger partial charge in [0.15, 0.2) is 11.0 Å². The number of halogens is 5. The number of aryl methyl sites for hydroxylation is 1. The summed E-state index contributed by atoms with van der Waals surface area (Å²) < 4.78 is 45.5. The fourth-order valence-corrected chi connectivity index (χ4v) is 4.17. The van der Waals surface area contributed by atoms with E-state index in [2.05, 4.69) is 58.4 Å². The summed E-state index contributed by atoms with van der Waals surface area (Å²) in [6, 6.07) is 2.65. The predicted molar refractivity (Wildman–Crippen MR) is 158 cm³/mol. The maximum atomic E-state index is 14.2. The highest BCUT2D eigenvalue weighted by molar-refractivity contribution is 7.98. The number of rotatable bonds is 11. The first-order chi connectivity index (χ1) is 19.7. The monoisotopic (exact) mass is 652 g/mol. The summed E-state index contributed by atoms with van der Waals surface area (Å²) in [6.07, 6.45) is 1.84. The van der Waals surface area contributed by atoms with E-state index in [0.717, 1.165) is 17.3 Å². The number of esters is 1. The van der Waals surface area contributed by atoms with Gasteiger partial charge >= 0.3 is 18.2 Å². The number of nitrogens with one attached hydrogen (secondary N) is 2. The lowest BCUT2D eigenvalue weighted by atomic mass is 10.1. The van der Waals surface area contributed by atoms with Crippen LogP contribution in [-0.2, 0) is 16.0 Å². The molecule has 3 aromatic rings. The standard InChI is InChI=1S/C15H14Cl2F3N3O3.C10H19N5S/c1-3-26-13(24)10(17)4-8-5-12(11(18)6-9(8)16)23-15(25)22(14(19)20)7(2)21-23;1-6(2)11-8-13-9(12-7(3)4)15-10(14-8)16-5/h5-6,10,14H,3-4H2,1-2H3;6-7H,1-5H3,(H2,11,12,13,14,15). The Morgan fingerprint density at radius 1 is 1.10 bits per heavy atom. The number of hydrogen-bond donors (Lipinski definition) is 2. The van der Waals surface area contributed by atoms with Gasteiger partial charge in [0.25, 0.3) is 0 Å². The summed E-state index contributed by atoms with van der Waals surface area (Å²) in [4.78, 5) is 36.6. The van der Waals surface area contributed by atoms with Gasteiger partial charge in [-0.1, -0.05) is 23.4 Å². The Labute approximate surface area is 255 Å². The van der Waals surface area contributed by atoms with Crippen molar-refractivity contribution in [3.63, 3.8) is 0 Å². The average molecular weight is 654 g/mol. The lowest BCUT2D eigenvalue weighted by molar-refractivity contribution is -0.142. The van der Waals surface area contributed by atoms with Crippen molar-refractivity contribution in [2.24, 2.45) is 0 Å². The molecule has 1 atom stereocenters. The van der Waals surface area contributed by atoms with Crippen LogP contribution in [0.4, 0.5) is 25.1 Å². The minimum atomic E-state index is -3.12. The fourth-order valence-electron chi connectivity index (χ4n) is 3.36. The van der Waals surface area contributed by atoms with Crippen LogP contribution >= 0.6 is 35.0 Å². The Bertz CT molecular complexity index is 1390. The minimum absolute atomic E-state index is 0.0424. The zero-order chi connectivity index (χ0) is 31.7. The van der Waals surface area contributed by atoms with Crippen molar-refractivity contribution in [3.8, 4) is 5.69 Å². The molecule has 232 valence electrons. The lowest BCUT2D eigenvalue weighted by Crippen LogP contribution is -2.25. The van der Waals surface area contributed by atoms with Gasteiger partial charge in [0.1, 0.15) is 16.9 Å². The summed E-state index contributed by atoms with van der Waals surface area (Å²) in [5.74, 6) is -0.675. The number of benzene rings is 1. The fraction of sp³-hybridized carbons (Fsp3) is 0.520. The molecule has 0 spiro atoms. The Hall–Kier alpha value is -3.04. The molecule has 0 saturated heterocycles. The number of alkyl halides is 3. The van der Waals surface area contributed by atoms with E-state index >= 15 is 0 Å². The topological polar surface area (TPSA) is 129 Å². The molecular formula is C25H33Cl2F3N8O3S. The Balaban J connectivity index is 0.000000330. The van der Waals surface area contributed by atoms with Gasteiger partial charge in [-0.15, -0.1) is 16.7 Å². The van der Waals surface area contributed by atoms with Crippen molar-refractivity contribution in [2.45, 2.75) is 77.1 Å². The van der Waals surface area contributed by atoms with E-state index < -0.39 is 29.4 Å². The maximum absolute atomic E-state index is 14.2. The van der Waals surface area contributed by atoms with Gasteiger partial charge < -0.3 is 15.4 Å². The summed E-state index contributed by atoms with van der Waals surface area (Å²) in [7, 11) is 0. The molecule has 0 bridgehead atoms. The molecule has 2 heterocycles. The van der Waals surface area contributed by atoms with Crippen LogP contribution < -0.4 is 16.3 Å². The molecule has 11 nitrogen and oxygen atoms in total. The van der Waals surface area contributed by atoms with E-state index in [0.29, 0.717) is 28.7 Å². The summed E-state index contributed by atoms with van der Waals surface area (Å²) in [6.45, 7) is 8.02. The van der Waals surface area contributed by atoms with E-state index in [-0.39, 0.29) is 39.7 Å². The Morgan fingerprint density at radius 3 is 2.12 bits per heavy atom. The zero-order valence-corrected chi connectivity index (χ0v) is 26.4. The lowest BCUT2D eigenvalue weighted by Gasteiger charge is -2.12. The van der Waals surface area contributed by atoms with Crippen molar-refractivity contribution in [2.75, 3.05) is 23.5 Å². The Morgan fingerprint density at radius 2 is 1.67 bits per heavy atom. The van der Waals surface area contributed by atoms with E-state index in [1.54, 1.807) is 6.92 Å². The van der Waals surface area contributed by atoms with Crippen molar-refractivity contribution >= 4 is 52.8 Å². The molecule has 0 aliphatic heterocycles. The normalized spacial score (nSPS) is 11.9.